The molecule has 154 valence electrons. The summed E-state index contributed by atoms with van der Waals surface area (Å²) in [6.07, 6.45) is 0.402. The number of nitrogens with one attached hydrogen (secondary N) is 1. The summed E-state index contributed by atoms with van der Waals surface area (Å²) in [5, 5.41) is 12.9. The normalized spacial score (nSPS) is 20.8. The molecule has 1 fully saturated rings. The van der Waals surface area contributed by atoms with E-state index < -0.39 is 12.1 Å². The lowest BCUT2D eigenvalue weighted by Crippen LogP contribution is -2.49. The van der Waals surface area contributed by atoms with Crippen molar-refractivity contribution in [2.24, 2.45) is 0 Å². The number of aliphatic hydroxyl groups is 1. The molecule has 2 aromatic rings. The first-order valence-corrected chi connectivity index (χ1v) is 9.63. The Hall–Kier alpha value is -2.84. The van der Waals surface area contributed by atoms with E-state index in [1.165, 1.54) is 0 Å². The highest BCUT2D eigenvalue weighted by molar-refractivity contribution is 5.93. The Morgan fingerprint density at radius 2 is 2.03 bits per heavy atom. The number of methoxy groups -OCH3 is 1. The number of carbonyl (C=O) groups excluding carboxylic acids is 1. The van der Waals surface area contributed by atoms with Gasteiger partial charge in [0.15, 0.2) is 5.75 Å². The topological polar surface area (TPSA) is 99.1 Å². The molecule has 0 radical (unpaired) electrons. The lowest BCUT2D eigenvalue weighted by Gasteiger charge is -2.28. The van der Waals surface area contributed by atoms with E-state index in [0.29, 0.717) is 44.3 Å². The van der Waals surface area contributed by atoms with Gasteiger partial charge >= 0.3 is 0 Å². The van der Waals surface area contributed by atoms with Crippen molar-refractivity contribution in [3.63, 3.8) is 0 Å². The van der Waals surface area contributed by atoms with Crippen LogP contribution < -0.4 is 19.5 Å². The van der Waals surface area contributed by atoms with Gasteiger partial charge in [-0.1, -0.05) is 12.1 Å². The monoisotopic (exact) mass is 400 g/mol. The number of fused-ring (bicyclic) bond motifs is 1. The molecule has 3 heterocycles. The minimum absolute atomic E-state index is 0.218. The molecule has 0 unspecified atom stereocenters. The first-order chi connectivity index (χ1) is 14.1. The molecule has 8 heteroatoms. The summed E-state index contributed by atoms with van der Waals surface area (Å²) >= 11 is 0. The van der Waals surface area contributed by atoms with Crippen LogP contribution in [0.2, 0.25) is 0 Å². The molecule has 29 heavy (non-hydrogen) atoms. The molecule has 0 aliphatic carbocycles. The van der Waals surface area contributed by atoms with Crippen LogP contribution in [0, 0.1) is 0 Å². The Morgan fingerprint density at radius 3 is 2.79 bits per heavy atom. The lowest BCUT2D eigenvalue weighted by atomic mass is 10.0. The summed E-state index contributed by atoms with van der Waals surface area (Å²) in [5.41, 5.74) is 2.07. The van der Waals surface area contributed by atoms with Crippen LogP contribution in [0.3, 0.4) is 0 Å². The maximum atomic E-state index is 12.8. The SMILES string of the molecule is COc1ccc(Cc2cc(C(=O)N[C@H]3COCC[C@@H]3O)nc3c2OCCO3)cc1. The molecule has 2 N–H and O–H groups in total. The molecular formula is C21H24N2O6. The zero-order valence-corrected chi connectivity index (χ0v) is 16.2. The van der Waals surface area contributed by atoms with Crippen molar-refractivity contribution in [3.05, 3.63) is 47.2 Å². The summed E-state index contributed by atoms with van der Waals surface area (Å²) in [6, 6.07) is 8.95. The zero-order chi connectivity index (χ0) is 20.2. The van der Waals surface area contributed by atoms with Crippen molar-refractivity contribution >= 4 is 5.91 Å². The molecule has 2 aliphatic heterocycles. The van der Waals surface area contributed by atoms with Crippen LogP contribution in [-0.4, -0.2) is 61.7 Å². The van der Waals surface area contributed by atoms with Crippen LogP contribution in [0.1, 0.15) is 28.0 Å². The van der Waals surface area contributed by atoms with E-state index in [1.54, 1.807) is 13.2 Å². The Kier molecular flexibility index (Phi) is 5.82. The van der Waals surface area contributed by atoms with E-state index in [4.69, 9.17) is 18.9 Å². The summed E-state index contributed by atoms with van der Waals surface area (Å²) < 4.78 is 22.0. The van der Waals surface area contributed by atoms with Crippen LogP contribution in [0.4, 0.5) is 0 Å². The number of hydrogen-bond donors (Lipinski definition) is 2. The Balaban J connectivity index is 1.59. The number of aromatic nitrogens is 1. The molecule has 1 amide bonds. The second kappa shape index (κ2) is 8.67. The smallest absolute Gasteiger partial charge is 0.270 e. The van der Waals surface area contributed by atoms with Crippen LogP contribution in [0.15, 0.2) is 30.3 Å². The Labute approximate surface area is 168 Å². The Morgan fingerprint density at radius 1 is 1.24 bits per heavy atom. The number of pyridine rings is 1. The first kappa shape index (κ1) is 19.5. The fourth-order valence-corrected chi connectivity index (χ4v) is 3.41. The molecule has 2 aliphatic rings. The van der Waals surface area contributed by atoms with E-state index in [1.807, 2.05) is 24.3 Å². The van der Waals surface area contributed by atoms with Gasteiger partial charge in [-0.15, -0.1) is 0 Å². The average Bonchev–Trinajstić information content (AvgIpc) is 2.76. The average molecular weight is 400 g/mol. The van der Waals surface area contributed by atoms with E-state index in [0.717, 1.165) is 16.9 Å². The quantitative estimate of drug-likeness (QED) is 0.781. The number of carbonyl (C=O) groups is 1. The van der Waals surface area contributed by atoms with Gasteiger partial charge < -0.3 is 29.4 Å². The molecule has 0 bridgehead atoms. The van der Waals surface area contributed by atoms with Crippen molar-refractivity contribution in [3.8, 4) is 17.4 Å². The number of ether oxygens (including phenoxy) is 4. The number of aliphatic hydroxyl groups excluding tert-OH is 1. The number of rotatable bonds is 5. The minimum Gasteiger partial charge on any atom is -0.497 e. The third-order valence-corrected chi connectivity index (χ3v) is 5.01. The van der Waals surface area contributed by atoms with Crippen molar-refractivity contribution in [1.29, 1.82) is 0 Å². The molecule has 2 atom stereocenters. The number of nitrogens with zero attached hydrogens (tertiary/aromatic N) is 1. The fraction of sp³-hybridized carbons (Fsp3) is 0.429. The van der Waals surface area contributed by atoms with Gasteiger partial charge in [0.25, 0.3) is 11.8 Å². The van der Waals surface area contributed by atoms with Crippen molar-refractivity contribution in [1.82, 2.24) is 10.3 Å². The zero-order valence-electron chi connectivity index (χ0n) is 16.2. The van der Waals surface area contributed by atoms with E-state index >= 15 is 0 Å². The van der Waals surface area contributed by atoms with Crippen LogP contribution in [0.5, 0.6) is 17.4 Å². The largest absolute Gasteiger partial charge is 0.497 e. The molecule has 1 saturated heterocycles. The van der Waals surface area contributed by atoms with Gasteiger partial charge in [-0.2, -0.15) is 0 Å². The van der Waals surface area contributed by atoms with Gasteiger partial charge in [0, 0.05) is 18.6 Å². The standard InChI is InChI=1S/C21H24N2O6/c1-26-15-4-2-13(3-5-15)10-14-11-16(23-21-19(14)28-8-9-29-21)20(25)22-17-12-27-7-6-18(17)24/h2-5,11,17-18,24H,6-10,12H2,1H3,(H,22,25)/t17-,18-/m0/s1. The highest BCUT2D eigenvalue weighted by atomic mass is 16.6. The molecular weight excluding hydrogens is 376 g/mol. The summed E-state index contributed by atoms with van der Waals surface area (Å²) in [5.74, 6) is 1.27. The third-order valence-electron chi connectivity index (χ3n) is 5.01. The van der Waals surface area contributed by atoms with E-state index in [2.05, 4.69) is 10.3 Å². The van der Waals surface area contributed by atoms with Crippen LogP contribution in [-0.2, 0) is 11.2 Å². The maximum absolute atomic E-state index is 12.8. The number of amides is 1. The van der Waals surface area contributed by atoms with Gasteiger partial charge in [0.05, 0.1) is 25.9 Å². The summed E-state index contributed by atoms with van der Waals surface area (Å²) in [4.78, 5) is 17.1. The molecule has 4 rings (SSSR count). The van der Waals surface area contributed by atoms with Gasteiger partial charge in [-0.25, -0.2) is 4.98 Å². The lowest BCUT2D eigenvalue weighted by molar-refractivity contribution is -0.0140. The van der Waals surface area contributed by atoms with E-state index in [-0.39, 0.29) is 18.2 Å². The minimum atomic E-state index is -0.635. The summed E-state index contributed by atoms with van der Waals surface area (Å²) in [7, 11) is 1.62. The Bertz CT molecular complexity index is 870. The first-order valence-electron chi connectivity index (χ1n) is 9.63. The van der Waals surface area contributed by atoms with Gasteiger partial charge in [-0.05, 0) is 30.2 Å². The highest BCUT2D eigenvalue weighted by Crippen LogP contribution is 2.34. The number of benzene rings is 1. The molecule has 8 nitrogen and oxygen atoms in total. The van der Waals surface area contributed by atoms with Gasteiger partial charge in [0.2, 0.25) is 0 Å². The van der Waals surface area contributed by atoms with E-state index in [9.17, 15) is 9.90 Å². The van der Waals surface area contributed by atoms with Crippen molar-refractivity contribution < 1.29 is 28.8 Å². The van der Waals surface area contributed by atoms with Crippen LogP contribution in [0.25, 0.3) is 0 Å². The van der Waals surface area contributed by atoms with Crippen molar-refractivity contribution in [2.75, 3.05) is 33.5 Å². The number of hydrogen-bond acceptors (Lipinski definition) is 7. The van der Waals surface area contributed by atoms with Crippen LogP contribution >= 0.6 is 0 Å². The molecule has 1 aromatic heterocycles. The molecule has 0 saturated carbocycles. The second-order valence-corrected chi connectivity index (χ2v) is 7.03. The van der Waals surface area contributed by atoms with Crippen molar-refractivity contribution in [2.45, 2.75) is 25.0 Å². The molecule has 0 spiro atoms. The second-order valence-electron chi connectivity index (χ2n) is 7.03. The third kappa shape index (κ3) is 4.44. The van der Waals surface area contributed by atoms with Gasteiger partial charge in [0.1, 0.15) is 24.7 Å². The molecule has 1 aromatic carbocycles. The maximum Gasteiger partial charge on any atom is 0.270 e. The predicted octanol–water partition coefficient (Wildman–Crippen LogP) is 1.33. The fourth-order valence-electron chi connectivity index (χ4n) is 3.41. The predicted molar refractivity (Wildman–Crippen MR) is 104 cm³/mol. The summed E-state index contributed by atoms with van der Waals surface area (Å²) in [6.45, 7) is 1.57. The van der Waals surface area contributed by atoms with Gasteiger partial charge in [-0.3, -0.25) is 4.79 Å². The highest BCUT2D eigenvalue weighted by Gasteiger charge is 2.28.